The van der Waals surface area contributed by atoms with Gasteiger partial charge in [-0.1, -0.05) is 42.5 Å². The van der Waals surface area contributed by atoms with Crippen LogP contribution in [0.1, 0.15) is 30.4 Å². The second-order valence-electron chi connectivity index (χ2n) is 6.59. The van der Waals surface area contributed by atoms with Crippen LogP contribution in [0.5, 0.6) is 5.75 Å². The molecule has 4 nitrogen and oxygen atoms in total. The first kappa shape index (κ1) is 21.7. The van der Waals surface area contributed by atoms with Crippen LogP contribution in [0, 0.1) is 11.3 Å². The first-order valence-electron chi connectivity index (χ1n) is 9.17. The van der Waals surface area contributed by atoms with Gasteiger partial charge in [-0.2, -0.15) is 5.26 Å². The zero-order chi connectivity index (χ0) is 20.8. The van der Waals surface area contributed by atoms with Crippen molar-refractivity contribution >= 4 is 61.1 Å². The van der Waals surface area contributed by atoms with Crippen LogP contribution in [0.2, 0.25) is 0 Å². The smallest absolute Gasteiger partial charge is 0.354 e. The summed E-state index contributed by atoms with van der Waals surface area (Å²) in [5, 5.41) is 9.37. The highest BCUT2D eigenvalue weighted by Gasteiger charge is 2.20. The van der Waals surface area contributed by atoms with Gasteiger partial charge in [0.25, 0.3) is 0 Å². The van der Waals surface area contributed by atoms with Crippen molar-refractivity contribution in [2.45, 2.75) is 19.3 Å². The summed E-state index contributed by atoms with van der Waals surface area (Å²) in [6, 6.07) is 14.8. The van der Waals surface area contributed by atoms with Gasteiger partial charge >= 0.3 is 5.97 Å². The zero-order valence-electron chi connectivity index (χ0n) is 15.5. The van der Waals surface area contributed by atoms with E-state index in [1.165, 1.54) is 12.5 Å². The third kappa shape index (κ3) is 5.53. The molecule has 0 unspecified atom stereocenters. The van der Waals surface area contributed by atoms with Crippen molar-refractivity contribution in [1.82, 2.24) is 4.90 Å². The van der Waals surface area contributed by atoms with E-state index in [1.54, 1.807) is 0 Å². The predicted octanol–water partition coefficient (Wildman–Crippen LogP) is 5.89. The van der Waals surface area contributed by atoms with E-state index >= 15 is 0 Å². The average molecular weight is 534 g/mol. The number of rotatable bonds is 4. The number of carbonyl (C=O) groups is 1. The SMILES string of the molecule is N#C/C(=C\c1ccccc1)C(=O)Oc1c(Br)cc(C(=S)N2CCCCC2)cc1Br. The molecule has 0 radical (unpaired) electrons. The zero-order valence-corrected chi connectivity index (χ0v) is 19.5. The summed E-state index contributed by atoms with van der Waals surface area (Å²) in [7, 11) is 0. The normalized spacial score (nSPS) is 14.2. The summed E-state index contributed by atoms with van der Waals surface area (Å²) in [5.41, 5.74) is 1.55. The molecule has 1 aliphatic rings. The minimum Gasteiger partial charge on any atom is -0.420 e. The number of hydrogen-bond acceptors (Lipinski definition) is 4. The number of piperidine rings is 1. The molecule has 1 fully saturated rings. The largest absolute Gasteiger partial charge is 0.420 e. The van der Waals surface area contributed by atoms with Crippen molar-refractivity contribution in [3.05, 3.63) is 68.1 Å². The monoisotopic (exact) mass is 532 g/mol. The maximum atomic E-state index is 12.5. The quantitative estimate of drug-likeness (QED) is 0.161. The fraction of sp³-hybridized carbons (Fsp3) is 0.227. The molecule has 0 saturated carbocycles. The van der Waals surface area contributed by atoms with Crippen molar-refractivity contribution in [2.24, 2.45) is 0 Å². The van der Waals surface area contributed by atoms with Crippen LogP contribution < -0.4 is 4.74 Å². The summed E-state index contributed by atoms with van der Waals surface area (Å²) in [4.78, 5) is 15.5. The van der Waals surface area contributed by atoms with Crippen LogP contribution in [-0.4, -0.2) is 28.9 Å². The average Bonchev–Trinajstić information content (AvgIpc) is 2.75. The van der Waals surface area contributed by atoms with Gasteiger partial charge in [-0.15, -0.1) is 0 Å². The molecular formula is C22H18Br2N2O2S. The number of nitrogens with zero attached hydrogens (tertiary/aromatic N) is 2. The van der Waals surface area contributed by atoms with Crippen molar-refractivity contribution in [2.75, 3.05) is 13.1 Å². The number of benzene rings is 2. The predicted molar refractivity (Wildman–Crippen MR) is 125 cm³/mol. The number of carbonyl (C=O) groups excluding carboxylic acids is 1. The van der Waals surface area contributed by atoms with Crippen LogP contribution in [-0.2, 0) is 4.79 Å². The molecule has 0 aromatic heterocycles. The molecule has 1 saturated heterocycles. The number of halogens is 2. The van der Waals surface area contributed by atoms with E-state index in [4.69, 9.17) is 17.0 Å². The van der Waals surface area contributed by atoms with E-state index in [1.807, 2.05) is 48.5 Å². The minimum atomic E-state index is -0.718. The van der Waals surface area contributed by atoms with Crippen molar-refractivity contribution in [1.29, 1.82) is 5.26 Å². The Hall–Kier alpha value is -2.01. The molecule has 7 heteroatoms. The lowest BCUT2D eigenvalue weighted by molar-refractivity contribution is -0.129. The highest BCUT2D eigenvalue weighted by Crippen LogP contribution is 2.36. The van der Waals surface area contributed by atoms with Gasteiger partial charge < -0.3 is 9.64 Å². The van der Waals surface area contributed by atoms with Gasteiger partial charge in [0.15, 0.2) is 5.75 Å². The van der Waals surface area contributed by atoms with E-state index in [2.05, 4.69) is 36.8 Å². The molecule has 2 aromatic carbocycles. The fourth-order valence-electron chi connectivity index (χ4n) is 3.06. The Morgan fingerprint density at radius 1 is 1.10 bits per heavy atom. The minimum absolute atomic E-state index is 0.0806. The second kappa shape index (κ2) is 10.1. The van der Waals surface area contributed by atoms with E-state index < -0.39 is 5.97 Å². The number of ether oxygens (including phenoxy) is 1. The van der Waals surface area contributed by atoms with Gasteiger partial charge in [0, 0.05) is 18.7 Å². The summed E-state index contributed by atoms with van der Waals surface area (Å²) >= 11 is 12.6. The maximum Gasteiger partial charge on any atom is 0.354 e. The number of hydrogen-bond donors (Lipinski definition) is 0. The van der Waals surface area contributed by atoms with Crippen LogP contribution in [0.3, 0.4) is 0 Å². The van der Waals surface area contributed by atoms with Gasteiger partial charge in [0.05, 0.1) is 8.95 Å². The van der Waals surface area contributed by atoms with Gasteiger partial charge in [0.1, 0.15) is 16.6 Å². The summed E-state index contributed by atoms with van der Waals surface area (Å²) in [5.74, 6) is -0.404. The molecule has 2 aromatic rings. The Morgan fingerprint density at radius 2 is 1.72 bits per heavy atom. The van der Waals surface area contributed by atoms with Gasteiger partial charge in [-0.05, 0) is 74.9 Å². The third-order valence-electron chi connectivity index (χ3n) is 4.53. The number of likely N-dealkylation sites (tertiary alicyclic amines) is 1. The van der Waals surface area contributed by atoms with Gasteiger partial charge in [-0.25, -0.2) is 4.79 Å². The molecule has 0 aliphatic carbocycles. The highest BCUT2D eigenvalue weighted by molar-refractivity contribution is 9.11. The lowest BCUT2D eigenvalue weighted by Crippen LogP contribution is -2.34. The Labute approximate surface area is 192 Å². The first-order chi connectivity index (χ1) is 14.0. The van der Waals surface area contributed by atoms with Crippen molar-refractivity contribution < 1.29 is 9.53 Å². The Kier molecular flexibility index (Phi) is 7.59. The molecule has 148 valence electrons. The molecule has 0 amide bonds. The van der Waals surface area contributed by atoms with Crippen LogP contribution in [0.4, 0.5) is 0 Å². The van der Waals surface area contributed by atoms with Crippen LogP contribution in [0.15, 0.2) is 57.0 Å². The molecule has 29 heavy (non-hydrogen) atoms. The standard InChI is InChI=1S/C22H18Br2N2O2S/c23-18-12-16(21(29)26-9-5-2-6-10-26)13-19(24)20(18)28-22(27)17(14-25)11-15-7-3-1-4-8-15/h1,3-4,7-8,11-13H,2,5-6,9-10H2/b17-11+. The second-order valence-corrected chi connectivity index (χ2v) is 8.69. The fourth-order valence-corrected chi connectivity index (χ4v) is 4.71. The van der Waals surface area contributed by atoms with Crippen LogP contribution in [0.25, 0.3) is 6.08 Å². The van der Waals surface area contributed by atoms with Crippen molar-refractivity contribution in [3.8, 4) is 11.8 Å². The summed E-state index contributed by atoms with van der Waals surface area (Å²) in [6.45, 7) is 1.92. The van der Waals surface area contributed by atoms with E-state index in [9.17, 15) is 10.1 Å². The van der Waals surface area contributed by atoms with Crippen LogP contribution >= 0.6 is 44.1 Å². The molecule has 0 atom stereocenters. The lowest BCUT2D eigenvalue weighted by Gasteiger charge is -2.29. The lowest BCUT2D eigenvalue weighted by atomic mass is 10.1. The molecular weight excluding hydrogens is 516 g/mol. The number of thiocarbonyl (C=S) groups is 1. The topological polar surface area (TPSA) is 53.3 Å². The Balaban J connectivity index is 1.80. The molecule has 0 spiro atoms. The molecule has 1 aliphatic heterocycles. The maximum absolute atomic E-state index is 12.5. The molecule has 3 rings (SSSR count). The summed E-state index contributed by atoms with van der Waals surface area (Å²) in [6.07, 6.45) is 5.02. The van der Waals surface area contributed by atoms with E-state index in [0.29, 0.717) is 14.7 Å². The van der Waals surface area contributed by atoms with E-state index in [-0.39, 0.29) is 5.57 Å². The number of esters is 1. The van der Waals surface area contributed by atoms with Gasteiger partial charge in [0.2, 0.25) is 0 Å². The summed E-state index contributed by atoms with van der Waals surface area (Å²) < 4.78 is 6.68. The van der Waals surface area contributed by atoms with E-state index in [0.717, 1.165) is 42.0 Å². The molecule has 0 bridgehead atoms. The van der Waals surface area contributed by atoms with Crippen molar-refractivity contribution in [3.63, 3.8) is 0 Å². The Bertz CT molecular complexity index is 971. The third-order valence-corrected chi connectivity index (χ3v) is 6.21. The molecule has 1 heterocycles. The first-order valence-corrected chi connectivity index (χ1v) is 11.2. The Morgan fingerprint density at radius 3 is 2.31 bits per heavy atom. The van der Waals surface area contributed by atoms with Gasteiger partial charge in [-0.3, -0.25) is 0 Å². The molecule has 0 N–H and O–H groups in total. The highest BCUT2D eigenvalue weighted by atomic mass is 79.9. The number of nitriles is 1.